The molecule has 2 aromatic carbocycles. The van der Waals surface area contributed by atoms with Gasteiger partial charge in [-0.15, -0.1) is 0 Å². The van der Waals surface area contributed by atoms with Gasteiger partial charge in [0.1, 0.15) is 12.4 Å². The van der Waals surface area contributed by atoms with E-state index in [9.17, 15) is 0 Å². The molecular weight excluding hydrogens is 326 g/mol. The topological polar surface area (TPSA) is 21.3 Å². The second-order valence-corrected chi connectivity index (χ2v) is 5.41. The molecule has 0 unspecified atom stereocenters. The maximum absolute atomic E-state index is 6.04. The molecule has 2 aromatic rings. The van der Waals surface area contributed by atoms with Crippen LogP contribution in [0.25, 0.3) is 0 Å². The minimum atomic E-state index is 0.586. The van der Waals surface area contributed by atoms with Crippen LogP contribution in [-0.2, 0) is 6.54 Å². The van der Waals surface area contributed by atoms with Gasteiger partial charge in [0.2, 0.25) is 0 Å². The number of nitrogens with one attached hydrogen (secondary N) is 1. The van der Waals surface area contributed by atoms with Crippen molar-refractivity contribution in [2.24, 2.45) is 0 Å². The van der Waals surface area contributed by atoms with E-state index >= 15 is 0 Å². The lowest BCUT2D eigenvalue weighted by Gasteiger charge is -2.09. The molecule has 0 heterocycles. The summed E-state index contributed by atoms with van der Waals surface area (Å²) in [5, 5.41) is 3.96. The van der Waals surface area contributed by atoms with Crippen molar-refractivity contribution in [1.82, 2.24) is 5.32 Å². The molecule has 0 aliphatic carbocycles. The van der Waals surface area contributed by atoms with Crippen molar-refractivity contribution in [3.05, 3.63) is 63.6 Å². The predicted octanol–water partition coefficient (Wildman–Crippen LogP) is 4.27. The highest BCUT2D eigenvalue weighted by Gasteiger charge is 2.01. The van der Waals surface area contributed by atoms with Crippen LogP contribution < -0.4 is 10.1 Å². The van der Waals surface area contributed by atoms with Crippen molar-refractivity contribution >= 4 is 27.5 Å². The summed E-state index contributed by atoms with van der Waals surface area (Å²) in [6.07, 6.45) is 0. The number of hydrogen-bond acceptors (Lipinski definition) is 2. The van der Waals surface area contributed by atoms with E-state index in [1.54, 1.807) is 0 Å². The molecule has 1 N–H and O–H groups in total. The van der Waals surface area contributed by atoms with E-state index in [-0.39, 0.29) is 0 Å². The third-order valence-electron chi connectivity index (χ3n) is 2.60. The van der Waals surface area contributed by atoms with Crippen molar-refractivity contribution < 1.29 is 4.74 Å². The Balaban J connectivity index is 1.71. The maximum Gasteiger partial charge on any atom is 0.139 e. The monoisotopic (exact) mass is 339 g/mol. The van der Waals surface area contributed by atoms with Gasteiger partial charge in [-0.1, -0.05) is 57.9 Å². The summed E-state index contributed by atoms with van der Waals surface area (Å²) in [4.78, 5) is 0. The molecule has 0 aliphatic rings. The molecule has 0 fully saturated rings. The van der Waals surface area contributed by atoms with Gasteiger partial charge >= 0.3 is 0 Å². The Morgan fingerprint density at radius 1 is 1.11 bits per heavy atom. The Morgan fingerprint density at radius 3 is 2.68 bits per heavy atom. The van der Waals surface area contributed by atoms with Crippen LogP contribution in [0.4, 0.5) is 0 Å². The van der Waals surface area contributed by atoms with Gasteiger partial charge in [-0.05, 0) is 23.8 Å². The van der Waals surface area contributed by atoms with Crippen LogP contribution >= 0.6 is 27.5 Å². The molecular formula is C15H15BrClNO. The minimum absolute atomic E-state index is 0.586. The molecule has 0 radical (unpaired) electrons. The summed E-state index contributed by atoms with van der Waals surface area (Å²) < 4.78 is 6.59. The standard InChI is InChI=1S/C15H15BrClNO/c16-13-6-7-14(17)15(10-13)19-9-8-18-11-12-4-2-1-3-5-12/h1-7,10,18H,8-9,11H2. The van der Waals surface area contributed by atoms with E-state index in [2.05, 4.69) is 33.4 Å². The molecule has 2 rings (SSSR count). The summed E-state index contributed by atoms with van der Waals surface area (Å²) in [5.41, 5.74) is 1.27. The molecule has 0 aliphatic heterocycles. The third kappa shape index (κ3) is 4.86. The Bertz CT molecular complexity index is 519. The van der Waals surface area contributed by atoms with Gasteiger partial charge in [-0.3, -0.25) is 0 Å². The Morgan fingerprint density at radius 2 is 1.89 bits per heavy atom. The summed E-state index contributed by atoms with van der Waals surface area (Å²) in [6, 6.07) is 15.9. The first-order chi connectivity index (χ1) is 9.25. The molecule has 19 heavy (non-hydrogen) atoms. The molecule has 0 saturated carbocycles. The van der Waals surface area contributed by atoms with Crippen LogP contribution in [0.15, 0.2) is 53.0 Å². The van der Waals surface area contributed by atoms with E-state index in [4.69, 9.17) is 16.3 Å². The molecule has 100 valence electrons. The Hall–Kier alpha value is -1.03. The van der Waals surface area contributed by atoms with E-state index in [1.807, 2.05) is 36.4 Å². The van der Waals surface area contributed by atoms with E-state index in [0.29, 0.717) is 17.4 Å². The van der Waals surface area contributed by atoms with Gasteiger partial charge in [-0.25, -0.2) is 0 Å². The fourth-order valence-corrected chi connectivity index (χ4v) is 2.16. The van der Waals surface area contributed by atoms with Crippen LogP contribution in [0.1, 0.15) is 5.56 Å². The molecule has 0 spiro atoms. The molecule has 0 aromatic heterocycles. The molecule has 0 bridgehead atoms. The SMILES string of the molecule is Clc1ccc(Br)cc1OCCNCc1ccccc1. The first-order valence-electron chi connectivity index (χ1n) is 6.08. The minimum Gasteiger partial charge on any atom is -0.491 e. The Labute approximate surface area is 126 Å². The Kier molecular flexibility index (Phi) is 5.70. The van der Waals surface area contributed by atoms with Crippen molar-refractivity contribution in [2.45, 2.75) is 6.54 Å². The second-order valence-electron chi connectivity index (χ2n) is 4.09. The largest absolute Gasteiger partial charge is 0.491 e. The highest BCUT2D eigenvalue weighted by molar-refractivity contribution is 9.10. The van der Waals surface area contributed by atoms with Crippen LogP contribution in [0.5, 0.6) is 5.75 Å². The van der Waals surface area contributed by atoms with Crippen molar-refractivity contribution in [3.8, 4) is 5.75 Å². The molecule has 0 amide bonds. The fourth-order valence-electron chi connectivity index (χ4n) is 1.65. The van der Waals surface area contributed by atoms with Crippen LogP contribution in [0.2, 0.25) is 5.02 Å². The smallest absolute Gasteiger partial charge is 0.139 e. The fraction of sp³-hybridized carbons (Fsp3) is 0.200. The highest BCUT2D eigenvalue weighted by atomic mass is 79.9. The lowest BCUT2D eigenvalue weighted by Crippen LogP contribution is -2.20. The summed E-state index contributed by atoms with van der Waals surface area (Å²) in [5.74, 6) is 0.706. The zero-order chi connectivity index (χ0) is 13.5. The maximum atomic E-state index is 6.04. The predicted molar refractivity (Wildman–Crippen MR) is 82.8 cm³/mol. The van der Waals surface area contributed by atoms with Crippen LogP contribution in [0.3, 0.4) is 0 Å². The quantitative estimate of drug-likeness (QED) is 0.793. The number of benzene rings is 2. The number of hydrogen-bond donors (Lipinski definition) is 1. The average Bonchev–Trinajstić information content (AvgIpc) is 2.43. The van der Waals surface area contributed by atoms with Gasteiger partial charge in [0.15, 0.2) is 0 Å². The lowest BCUT2D eigenvalue weighted by atomic mass is 10.2. The number of halogens is 2. The van der Waals surface area contributed by atoms with Gasteiger partial charge in [0.25, 0.3) is 0 Å². The van der Waals surface area contributed by atoms with E-state index < -0.39 is 0 Å². The molecule has 2 nitrogen and oxygen atoms in total. The average molecular weight is 341 g/mol. The molecule has 4 heteroatoms. The van der Waals surface area contributed by atoms with Crippen molar-refractivity contribution in [2.75, 3.05) is 13.2 Å². The number of rotatable bonds is 6. The number of ether oxygens (including phenoxy) is 1. The van der Waals surface area contributed by atoms with Gasteiger partial charge in [-0.2, -0.15) is 0 Å². The van der Waals surface area contributed by atoms with Crippen LogP contribution in [-0.4, -0.2) is 13.2 Å². The molecule has 0 atom stereocenters. The van der Waals surface area contributed by atoms with Gasteiger partial charge < -0.3 is 10.1 Å². The second kappa shape index (κ2) is 7.53. The first kappa shape index (κ1) is 14.4. The zero-order valence-electron chi connectivity index (χ0n) is 10.4. The summed E-state index contributed by atoms with van der Waals surface area (Å²) >= 11 is 9.43. The van der Waals surface area contributed by atoms with E-state index in [0.717, 1.165) is 17.6 Å². The summed E-state index contributed by atoms with van der Waals surface area (Å²) in [6.45, 7) is 2.21. The normalized spacial score (nSPS) is 10.4. The molecule has 0 saturated heterocycles. The van der Waals surface area contributed by atoms with Crippen LogP contribution in [0, 0.1) is 0 Å². The highest BCUT2D eigenvalue weighted by Crippen LogP contribution is 2.27. The third-order valence-corrected chi connectivity index (χ3v) is 3.41. The lowest BCUT2D eigenvalue weighted by molar-refractivity contribution is 0.313. The van der Waals surface area contributed by atoms with Gasteiger partial charge in [0, 0.05) is 17.6 Å². The van der Waals surface area contributed by atoms with E-state index in [1.165, 1.54) is 5.56 Å². The van der Waals surface area contributed by atoms with Crippen molar-refractivity contribution in [1.29, 1.82) is 0 Å². The van der Waals surface area contributed by atoms with Crippen molar-refractivity contribution in [3.63, 3.8) is 0 Å². The zero-order valence-corrected chi connectivity index (χ0v) is 12.7. The van der Waals surface area contributed by atoms with Gasteiger partial charge in [0.05, 0.1) is 5.02 Å². The first-order valence-corrected chi connectivity index (χ1v) is 7.25. The summed E-state index contributed by atoms with van der Waals surface area (Å²) in [7, 11) is 0.